The van der Waals surface area contributed by atoms with E-state index in [0.717, 1.165) is 18.3 Å². The summed E-state index contributed by atoms with van der Waals surface area (Å²) in [5.74, 6) is 2.15. The summed E-state index contributed by atoms with van der Waals surface area (Å²) in [6.07, 6.45) is 14.0. The summed E-state index contributed by atoms with van der Waals surface area (Å²) in [6.45, 7) is 15.0. The molecule has 0 aromatic rings. The fourth-order valence-electron chi connectivity index (χ4n) is 2.27. The standard InChI is InChI=1S/C18H32O/c1-6-9-18(12-14-19-13-7-2)15-17(5)11-8-10-16(3)4/h6-7,12,14,16-18H,1-2,8-11,13,15H2,3-5H3/b14-12+. The minimum absolute atomic E-state index is 0.552. The van der Waals surface area contributed by atoms with E-state index in [1.165, 1.54) is 25.7 Å². The summed E-state index contributed by atoms with van der Waals surface area (Å²) in [7, 11) is 0. The molecule has 0 fully saturated rings. The van der Waals surface area contributed by atoms with Crippen LogP contribution in [0.4, 0.5) is 0 Å². The van der Waals surface area contributed by atoms with Gasteiger partial charge in [-0.05, 0) is 36.7 Å². The van der Waals surface area contributed by atoms with Crippen molar-refractivity contribution in [3.63, 3.8) is 0 Å². The lowest BCUT2D eigenvalue weighted by molar-refractivity contribution is 0.284. The van der Waals surface area contributed by atoms with Gasteiger partial charge in [-0.25, -0.2) is 0 Å². The Morgan fingerprint density at radius 1 is 1.05 bits per heavy atom. The van der Waals surface area contributed by atoms with E-state index in [1.807, 2.05) is 12.3 Å². The SMILES string of the molecule is C=CCO/C=C/C(CC=C)CC(C)CCCC(C)C. The molecule has 0 spiro atoms. The Balaban J connectivity index is 3.99. The Labute approximate surface area is 120 Å². The third-order valence-corrected chi connectivity index (χ3v) is 3.31. The van der Waals surface area contributed by atoms with Gasteiger partial charge >= 0.3 is 0 Å². The van der Waals surface area contributed by atoms with Gasteiger partial charge in [0.25, 0.3) is 0 Å². The Kier molecular flexibility index (Phi) is 11.5. The quantitative estimate of drug-likeness (QED) is 0.248. The maximum atomic E-state index is 5.32. The monoisotopic (exact) mass is 264 g/mol. The maximum Gasteiger partial charge on any atom is 0.105 e. The normalized spacial score (nSPS) is 14.5. The second kappa shape index (κ2) is 12.1. The van der Waals surface area contributed by atoms with Crippen LogP contribution in [-0.2, 0) is 4.74 Å². The van der Waals surface area contributed by atoms with Crippen LogP contribution in [0.3, 0.4) is 0 Å². The van der Waals surface area contributed by atoms with Gasteiger partial charge in [0.1, 0.15) is 6.61 Å². The van der Waals surface area contributed by atoms with Gasteiger partial charge in [-0.2, -0.15) is 0 Å². The first-order valence-corrected chi connectivity index (χ1v) is 7.60. The highest BCUT2D eigenvalue weighted by Crippen LogP contribution is 2.22. The predicted octanol–water partition coefficient (Wildman–Crippen LogP) is 5.75. The zero-order chi connectivity index (χ0) is 14.5. The zero-order valence-electron chi connectivity index (χ0n) is 13.1. The molecule has 1 heteroatoms. The minimum Gasteiger partial charge on any atom is -0.497 e. The fourth-order valence-corrected chi connectivity index (χ4v) is 2.27. The number of ether oxygens (including phenoxy) is 1. The van der Waals surface area contributed by atoms with Crippen LogP contribution in [0.1, 0.15) is 52.9 Å². The highest BCUT2D eigenvalue weighted by atomic mass is 16.5. The van der Waals surface area contributed by atoms with Crippen LogP contribution in [0.25, 0.3) is 0 Å². The molecule has 2 atom stereocenters. The first kappa shape index (κ1) is 18.0. The molecular formula is C18H32O. The average molecular weight is 264 g/mol. The molecule has 1 nitrogen and oxygen atoms in total. The summed E-state index contributed by atoms with van der Waals surface area (Å²) in [6, 6.07) is 0. The van der Waals surface area contributed by atoms with Crippen molar-refractivity contribution in [3.05, 3.63) is 37.6 Å². The predicted molar refractivity (Wildman–Crippen MR) is 86.1 cm³/mol. The number of allylic oxidation sites excluding steroid dienone is 2. The Morgan fingerprint density at radius 2 is 1.79 bits per heavy atom. The van der Waals surface area contributed by atoms with Gasteiger partial charge in [-0.1, -0.05) is 58.8 Å². The fraction of sp³-hybridized carbons (Fsp3) is 0.667. The van der Waals surface area contributed by atoms with Gasteiger partial charge in [0.2, 0.25) is 0 Å². The minimum atomic E-state index is 0.552. The van der Waals surface area contributed by atoms with Crippen LogP contribution >= 0.6 is 0 Å². The van der Waals surface area contributed by atoms with Crippen molar-refractivity contribution in [2.24, 2.45) is 17.8 Å². The van der Waals surface area contributed by atoms with E-state index in [4.69, 9.17) is 4.74 Å². The highest BCUT2D eigenvalue weighted by Gasteiger charge is 2.10. The van der Waals surface area contributed by atoms with E-state index >= 15 is 0 Å². The summed E-state index contributed by atoms with van der Waals surface area (Å²) in [5, 5.41) is 0. The van der Waals surface area contributed by atoms with E-state index in [-0.39, 0.29) is 0 Å². The molecular weight excluding hydrogens is 232 g/mol. The summed E-state index contributed by atoms with van der Waals surface area (Å²) >= 11 is 0. The van der Waals surface area contributed by atoms with Crippen LogP contribution < -0.4 is 0 Å². The largest absolute Gasteiger partial charge is 0.497 e. The van der Waals surface area contributed by atoms with Crippen LogP contribution in [-0.4, -0.2) is 6.61 Å². The summed E-state index contributed by atoms with van der Waals surface area (Å²) in [4.78, 5) is 0. The third kappa shape index (κ3) is 11.8. The van der Waals surface area contributed by atoms with E-state index < -0.39 is 0 Å². The van der Waals surface area contributed by atoms with Gasteiger partial charge in [0.05, 0.1) is 6.26 Å². The highest BCUT2D eigenvalue weighted by molar-refractivity contribution is 4.89. The number of hydrogen-bond donors (Lipinski definition) is 0. The molecule has 0 saturated heterocycles. The molecule has 0 amide bonds. The first-order valence-electron chi connectivity index (χ1n) is 7.60. The molecule has 0 aromatic heterocycles. The lowest BCUT2D eigenvalue weighted by Gasteiger charge is -2.17. The van der Waals surface area contributed by atoms with Crippen LogP contribution in [0.5, 0.6) is 0 Å². The molecule has 0 bridgehead atoms. The maximum absolute atomic E-state index is 5.32. The van der Waals surface area contributed by atoms with Gasteiger partial charge < -0.3 is 4.74 Å². The molecule has 0 N–H and O–H groups in total. The van der Waals surface area contributed by atoms with Crippen molar-refractivity contribution in [1.82, 2.24) is 0 Å². The van der Waals surface area contributed by atoms with E-state index in [2.05, 4.69) is 40.0 Å². The van der Waals surface area contributed by atoms with Gasteiger partial charge in [0.15, 0.2) is 0 Å². The molecule has 0 radical (unpaired) electrons. The topological polar surface area (TPSA) is 9.23 Å². The Hall–Kier alpha value is -0.980. The molecule has 0 aliphatic heterocycles. The van der Waals surface area contributed by atoms with Crippen molar-refractivity contribution in [2.45, 2.75) is 52.9 Å². The zero-order valence-corrected chi connectivity index (χ0v) is 13.1. The van der Waals surface area contributed by atoms with Crippen molar-refractivity contribution in [2.75, 3.05) is 6.61 Å². The lowest BCUT2D eigenvalue weighted by Crippen LogP contribution is -2.04. The van der Waals surface area contributed by atoms with Crippen molar-refractivity contribution in [1.29, 1.82) is 0 Å². The van der Waals surface area contributed by atoms with Crippen LogP contribution in [0.2, 0.25) is 0 Å². The van der Waals surface area contributed by atoms with E-state index in [9.17, 15) is 0 Å². The average Bonchev–Trinajstić information content (AvgIpc) is 2.34. The van der Waals surface area contributed by atoms with E-state index in [1.54, 1.807) is 6.08 Å². The van der Waals surface area contributed by atoms with Crippen LogP contribution in [0, 0.1) is 17.8 Å². The summed E-state index contributed by atoms with van der Waals surface area (Å²) < 4.78 is 5.32. The molecule has 0 heterocycles. The molecule has 2 unspecified atom stereocenters. The molecule has 0 saturated carbocycles. The van der Waals surface area contributed by atoms with Crippen molar-refractivity contribution < 1.29 is 4.74 Å². The molecule has 0 rings (SSSR count). The molecule has 0 aliphatic carbocycles. The molecule has 19 heavy (non-hydrogen) atoms. The second-order valence-electron chi connectivity index (χ2n) is 5.90. The Bertz CT molecular complexity index is 252. The first-order chi connectivity index (χ1) is 9.10. The smallest absolute Gasteiger partial charge is 0.105 e. The molecule has 110 valence electrons. The van der Waals surface area contributed by atoms with Crippen LogP contribution in [0.15, 0.2) is 37.6 Å². The lowest BCUT2D eigenvalue weighted by atomic mass is 9.89. The molecule has 0 aromatic carbocycles. The van der Waals surface area contributed by atoms with Crippen molar-refractivity contribution in [3.8, 4) is 0 Å². The van der Waals surface area contributed by atoms with Gasteiger partial charge in [-0.15, -0.1) is 6.58 Å². The third-order valence-electron chi connectivity index (χ3n) is 3.31. The summed E-state index contributed by atoms with van der Waals surface area (Å²) in [5.41, 5.74) is 0. The van der Waals surface area contributed by atoms with Crippen molar-refractivity contribution >= 4 is 0 Å². The van der Waals surface area contributed by atoms with E-state index in [0.29, 0.717) is 12.5 Å². The number of rotatable bonds is 12. The van der Waals surface area contributed by atoms with Gasteiger partial charge in [-0.3, -0.25) is 0 Å². The second-order valence-corrected chi connectivity index (χ2v) is 5.90. The Morgan fingerprint density at radius 3 is 2.37 bits per heavy atom. The number of hydrogen-bond acceptors (Lipinski definition) is 1. The van der Waals surface area contributed by atoms with Gasteiger partial charge in [0, 0.05) is 0 Å². The molecule has 0 aliphatic rings.